The number of benzene rings is 1. The van der Waals surface area contributed by atoms with Crippen molar-refractivity contribution in [2.24, 2.45) is 0 Å². The number of aromatic nitrogens is 3. The molecule has 0 N–H and O–H groups in total. The largest absolute Gasteiger partial charge is 0.465 e. The van der Waals surface area contributed by atoms with Crippen molar-refractivity contribution in [1.29, 1.82) is 0 Å². The molecule has 0 saturated heterocycles. The lowest BCUT2D eigenvalue weighted by atomic mass is 9.97. The summed E-state index contributed by atoms with van der Waals surface area (Å²) in [7, 11) is 1.34. The first kappa shape index (κ1) is 21.3. The van der Waals surface area contributed by atoms with Gasteiger partial charge in [0.1, 0.15) is 0 Å². The minimum atomic E-state index is -0.442. The summed E-state index contributed by atoms with van der Waals surface area (Å²) in [6.45, 7) is 0.602. The van der Waals surface area contributed by atoms with Crippen molar-refractivity contribution in [3.63, 3.8) is 0 Å². The molecule has 0 saturated carbocycles. The summed E-state index contributed by atoms with van der Waals surface area (Å²) in [5, 5.41) is 1.17. The van der Waals surface area contributed by atoms with Gasteiger partial charge in [-0.3, -0.25) is 14.3 Å². The van der Waals surface area contributed by atoms with Crippen molar-refractivity contribution >= 4 is 28.6 Å². The lowest BCUT2D eigenvalue weighted by Gasteiger charge is -2.16. The van der Waals surface area contributed by atoms with E-state index in [2.05, 4.69) is 11.1 Å². The molecule has 0 bridgehead atoms. The average molecular weight is 436 g/mol. The third kappa shape index (κ3) is 5.05. The maximum absolute atomic E-state index is 13.3. The lowest BCUT2D eigenvalue weighted by Crippen LogP contribution is -2.24. The Morgan fingerprint density at radius 2 is 2.03 bits per heavy atom. The number of esters is 1. The second-order valence-electron chi connectivity index (χ2n) is 7.58. The van der Waals surface area contributed by atoms with E-state index in [0.717, 1.165) is 24.8 Å². The van der Waals surface area contributed by atoms with Gasteiger partial charge in [0.25, 0.3) is 5.56 Å². The van der Waals surface area contributed by atoms with Crippen molar-refractivity contribution in [3.05, 3.63) is 75.9 Å². The van der Waals surface area contributed by atoms with E-state index < -0.39 is 5.97 Å². The van der Waals surface area contributed by atoms with Crippen LogP contribution in [0.25, 0.3) is 10.9 Å². The zero-order valence-corrected chi connectivity index (χ0v) is 18.4. The monoisotopic (exact) mass is 435 g/mol. The molecule has 2 heterocycles. The van der Waals surface area contributed by atoms with E-state index in [1.54, 1.807) is 35.2 Å². The molecule has 7 heteroatoms. The van der Waals surface area contributed by atoms with Gasteiger partial charge in [0, 0.05) is 24.7 Å². The summed E-state index contributed by atoms with van der Waals surface area (Å²) in [5.41, 5.74) is 3.36. The number of carbonyl (C=O) groups is 1. The van der Waals surface area contributed by atoms with Gasteiger partial charge in [0.05, 0.1) is 23.6 Å². The van der Waals surface area contributed by atoms with Crippen LogP contribution in [-0.4, -0.2) is 27.6 Å². The number of carbonyl (C=O) groups excluding carboxylic acids is 1. The summed E-state index contributed by atoms with van der Waals surface area (Å²) < 4.78 is 6.59. The van der Waals surface area contributed by atoms with Crippen molar-refractivity contribution in [2.75, 3.05) is 7.11 Å². The number of methoxy groups -OCH3 is 1. The van der Waals surface area contributed by atoms with E-state index in [4.69, 9.17) is 9.72 Å². The van der Waals surface area contributed by atoms with Crippen LogP contribution < -0.4 is 5.56 Å². The molecule has 0 aliphatic heterocycles. The first-order valence-electron chi connectivity index (χ1n) is 10.5. The van der Waals surface area contributed by atoms with Gasteiger partial charge in [-0.1, -0.05) is 23.4 Å². The molecule has 0 spiro atoms. The predicted octanol–water partition coefficient (Wildman–Crippen LogP) is 4.76. The van der Waals surface area contributed by atoms with Crippen LogP contribution in [0.3, 0.4) is 0 Å². The van der Waals surface area contributed by atoms with Crippen molar-refractivity contribution in [3.8, 4) is 0 Å². The fourth-order valence-electron chi connectivity index (χ4n) is 3.77. The number of nitrogens with zero attached hydrogens (tertiary/aromatic N) is 3. The number of ether oxygens (including phenoxy) is 1. The average Bonchev–Trinajstić information content (AvgIpc) is 2.82. The Morgan fingerprint density at radius 1 is 1.19 bits per heavy atom. The zero-order valence-electron chi connectivity index (χ0n) is 17.5. The van der Waals surface area contributed by atoms with Crippen molar-refractivity contribution < 1.29 is 9.53 Å². The molecule has 2 aromatic heterocycles. The van der Waals surface area contributed by atoms with Crippen molar-refractivity contribution in [1.82, 2.24) is 14.5 Å². The lowest BCUT2D eigenvalue weighted by molar-refractivity contribution is 0.0601. The third-order valence-electron chi connectivity index (χ3n) is 5.50. The standard InChI is InChI=1S/C24H25N3O3S/c1-30-23(29)19-7-8-20-21(15-19)26-24(31-16-18-9-12-25-13-10-18)27(22(20)28)14-11-17-5-3-2-4-6-17/h5,7-10,12-13,15H,2-4,6,11,14,16H2,1H3. The molecule has 0 amide bonds. The van der Waals surface area contributed by atoms with Gasteiger partial charge < -0.3 is 4.74 Å². The van der Waals surface area contributed by atoms with Gasteiger partial charge in [-0.25, -0.2) is 9.78 Å². The quantitative estimate of drug-likeness (QED) is 0.231. The highest BCUT2D eigenvalue weighted by Gasteiger charge is 2.15. The molecule has 1 aliphatic rings. The molecule has 160 valence electrons. The topological polar surface area (TPSA) is 74.1 Å². The predicted molar refractivity (Wildman–Crippen MR) is 122 cm³/mol. The van der Waals surface area contributed by atoms with Crippen LogP contribution >= 0.6 is 11.8 Å². The number of fused-ring (bicyclic) bond motifs is 1. The number of allylic oxidation sites excluding steroid dienone is 2. The van der Waals surface area contributed by atoms with Crippen molar-refractivity contribution in [2.45, 2.75) is 49.6 Å². The molecule has 31 heavy (non-hydrogen) atoms. The van der Waals surface area contributed by atoms with Gasteiger partial charge in [-0.2, -0.15) is 0 Å². The Bertz CT molecular complexity index is 1170. The second-order valence-corrected chi connectivity index (χ2v) is 8.52. The summed E-state index contributed by atoms with van der Waals surface area (Å²) in [5.74, 6) is 0.239. The smallest absolute Gasteiger partial charge is 0.337 e. The first-order chi connectivity index (χ1) is 15.2. The van der Waals surface area contributed by atoms with Crippen LogP contribution in [0, 0.1) is 0 Å². The highest BCUT2D eigenvalue weighted by molar-refractivity contribution is 7.98. The SMILES string of the molecule is COC(=O)c1ccc2c(=O)n(CCC3=CCCCC3)c(SCc3ccncc3)nc2c1. The molecular weight excluding hydrogens is 410 g/mol. The maximum Gasteiger partial charge on any atom is 0.337 e. The molecule has 0 unspecified atom stereocenters. The summed E-state index contributed by atoms with van der Waals surface area (Å²) in [4.78, 5) is 34.1. The summed E-state index contributed by atoms with van der Waals surface area (Å²) in [6.07, 6.45) is 11.4. The number of pyridine rings is 1. The minimum Gasteiger partial charge on any atom is -0.465 e. The van der Waals surface area contributed by atoms with E-state index >= 15 is 0 Å². The van der Waals surface area contributed by atoms with Crippen LogP contribution in [0.15, 0.2) is 64.3 Å². The van der Waals surface area contributed by atoms with Gasteiger partial charge in [0.15, 0.2) is 5.16 Å². The first-order valence-corrected chi connectivity index (χ1v) is 11.5. The van der Waals surface area contributed by atoms with E-state index in [1.165, 1.54) is 37.3 Å². The Labute approximate surface area is 185 Å². The van der Waals surface area contributed by atoms with Gasteiger partial charge >= 0.3 is 5.97 Å². The summed E-state index contributed by atoms with van der Waals surface area (Å²) in [6, 6.07) is 8.84. The number of rotatable bonds is 7. The highest BCUT2D eigenvalue weighted by Crippen LogP contribution is 2.25. The number of hydrogen-bond donors (Lipinski definition) is 0. The van der Waals surface area contributed by atoms with Crippen LogP contribution in [0.4, 0.5) is 0 Å². The van der Waals surface area contributed by atoms with Crippen LogP contribution in [0.2, 0.25) is 0 Å². The molecule has 0 fully saturated rings. The molecule has 1 aromatic carbocycles. The molecule has 3 aromatic rings. The Hall–Kier alpha value is -2.93. The van der Waals surface area contributed by atoms with Crippen LogP contribution in [-0.2, 0) is 17.0 Å². The van der Waals surface area contributed by atoms with Gasteiger partial charge in [0.2, 0.25) is 0 Å². The molecule has 4 rings (SSSR count). The van der Waals surface area contributed by atoms with E-state index in [9.17, 15) is 9.59 Å². The van der Waals surface area contributed by atoms with Gasteiger partial charge in [-0.15, -0.1) is 0 Å². The van der Waals surface area contributed by atoms with Gasteiger partial charge in [-0.05, 0) is 68.0 Å². The fourth-order valence-corrected chi connectivity index (χ4v) is 4.75. The molecular formula is C24H25N3O3S. The highest BCUT2D eigenvalue weighted by atomic mass is 32.2. The minimum absolute atomic E-state index is 0.0740. The second kappa shape index (κ2) is 9.92. The van der Waals surface area contributed by atoms with E-state index in [-0.39, 0.29) is 5.56 Å². The fraction of sp³-hybridized carbons (Fsp3) is 0.333. The third-order valence-corrected chi connectivity index (χ3v) is 6.55. The molecule has 1 aliphatic carbocycles. The summed E-state index contributed by atoms with van der Waals surface area (Å²) >= 11 is 1.52. The molecule has 0 radical (unpaired) electrons. The molecule has 0 atom stereocenters. The van der Waals surface area contributed by atoms with E-state index in [0.29, 0.717) is 33.9 Å². The Morgan fingerprint density at radius 3 is 2.77 bits per heavy atom. The van der Waals surface area contributed by atoms with Crippen LogP contribution in [0.1, 0.15) is 48.0 Å². The number of thioether (sulfide) groups is 1. The normalized spacial score (nSPS) is 13.8. The zero-order chi connectivity index (χ0) is 21.6. The van der Waals surface area contributed by atoms with E-state index in [1.807, 2.05) is 12.1 Å². The Balaban J connectivity index is 1.70. The van der Waals surface area contributed by atoms with Crippen LogP contribution in [0.5, 0.6) is 0 Å². The molecule has 6 nitrogen and oxygen atoms in total. The maximum atomic E-state index is 13.3. The Kier molecular flexibility index (Phi) is 6.82. The number of hydrogen-bond acceptors (Lipinski definition) is 6.